The third-order valence-corrected chi connectivity index (χ3v) is 2.89. The van der Waals surface area contributed by atoms with Gasteiger partial charge >= 0.3 is 5.97 Å². The van der Waals surface area contributed by atoms with E-state index in [9.17, 15) is 9.90 Å². The fourth-order valence-electron chi connectivity index (χ4n) is 2.08. The quantitative estimate of drug-likeness (QED) is 0.598. The third kappa shape index (κ3) is 1.27. The van der Waals surface area contributed by atoms with Crippen molar-refractivity contribution >= 4 is 27.8 Å². The van der Waals surface area contributed by atoms with Gasteiger partial charge in [0.1, 0.15) is 5.56 Å². The summed E-state index contributed by atoms with van der Waals surface area (Å²) in [7, 11) is 0. The van der Waals surface area contributed by atoms with Gasteiger partial charge in [-0.1, -0.05) is 24.3 Å². The third-order valence-electron chi connectivity index (χ3n) is 2.89. The van der Waals surface area contributed by atoms with Crippen molar-refractivity contribution in [2.45, 2.75) is 0 Å². The number of aromatic carboxylic acids is 1. The molecular weight excluding hydrogens is 218 g/mol. The second-order valence-electron chi connectivity index (χ2n) is 3.86. The van der Waals surface area contributed by atoms with E-state index in [0.29, 0.717) is 5.52 Å². The molecule has 0 saturated heterocycles. The van der Waals surface area contributed by atoms with Crippen LogP contribution in [-0.4, -0.2) is 21.2 Å². The Bertz CT molecular complexity index is 743. The molecule has 0 spiro atoms. The number of fused-ring (bicyclic) bond motifs is 3. The molecule has 3 aromatic rings. The number of hydrogen-bond donors (Lipinski definition) is 3. The predicted octanol–water partition coefficient (Wildman–Crippen LogP) is 2.72. The number of carbonyl (C=O) groups is 1. The number of aromatic amines is 1. The molecule has 0 aliphatic carbocycles. The van der Waals surface area contributed by atoms with E-state index in [1.807, 2.05) is 24.3 Å². The number of nitrogens with one attached hydrogen (secondary N) is 1. The highest BCUT2D eigenvalue weighted by atomic mass is 16.4. The Morgan fingerprint density at radius 3 is 2.59 bits per heavy atom. The molecule has 4 nitrogen and oxygen atoms in total. The highest BCUT2D eigenvalue weighted by Gasteiger charge is 2.15. The Morgan fingerprint density at radius 2 is 1.82 bits per heavy atom. The maximum absolute atomic E-state index is 10.9. The van der Waals surface area contributed by atoms with Gasteiger partial charge in [-0.2, -0.15) is 0 Å². The zero-order valence-corrected chi connectivity index (χ0v) is 8.77. The number of H-pyrrole nitrogens is 1. The van der Waals surface area contributed by atoms with Crippen LogP contribution in [0, 0.1) is 0 Å². The Labute approximate surface area is 96.1 Å². The van der Waals surface area contributed by atoms with Gasteiger partial charge in [0.15, 0.2) is 5.75 Å². The molecule has 0 aliphatic rings. The van der Waals surface area contributed by atoms with Crippen LogP contribution >= 0.6 is 0 Å². The number of benzene rings is 2. The van der Waals surface area contributed by atoms with Crippen LogP contribution in [-0.2, 0) is 0 Å². The van der Waals surface area contributed by atoms with Gasteiger partial charge < -0.3 is 15.2 Å². The Morgan fingerprint density at radius 1 is 1.06 bits per heavy atom. The summed E-state index contributed by atoms with van der Waals surface area (Å²) in [5.74, 6) is -1.35. The van der Waals surface area contributed by atoms with Crippen molar-refractivity contribution in [1.82, 2.24) is 4.98 Å². The second kappa shape index (κ2) is 3.25. The number of phenols is 1. The summed E-state index contributed by atoms with van der Waals surface area (Å²) in [6.45, 7) is 0. The molecule has 3 N–H and O–H groups in total. The lowest BCUT2D eigenvalue weighted by Crippen LogP contribution is -1.96. The van der Waals surface area contributed by atoms with Crippen LogP contribution in [0.25, 0.3) is 21.8 Å². The van der Waals surface area contributed by atoms with Gasteiger partial charge in [-0.05, 0) is 12.1 Å². The molecule has 0 amide bonds. The van der Waals surface area contributed by atoms with E-state index in [2.05, 4.69) is 4.98 Å². The lowest BCUT2D eigenvalue weighted by atomic mass is 10.1. The van der Waals surface area contributed by atoms with Gasteiger partial charge in [-0.25, -0.2) is 4.79 Å². The van der Waals surface area contributed by atoms with Crippen molar-refractivity contribution in [3.05, 3.63) is 42.0 Å². The number of carboxylic acids is 1. The van der Waals surface area contributed by atoms with E-state index in [1.54, 1.807) is 6.07 Å². The fourth-order valence-corrected chi connectivity index (χ4v) is 2.08. The zero-order chi connectivity index (χ0) is 12.0. The molecule has 0 fully saturated rings. The molecule has 4 heteroatoms. The fraction of sp³-hybridized carbons (Fsp3) is 0. The molecule has 84 valence electrons. The van der Waals surface area contributed by atoms with Gasteiger partial charge in [0.2, 0.25) is 0 Å². The van der Waals surface area contributed by atoms with Gasteiger partial charge in [0.25, 0.3) is 0 Å². The van der Waals surface area contributed by atoms with Crippen LogP contribution < -0.4 is 0 Å². The molecule has 0 atom stereocenters. The minimum Gasteiger partial charge on any atom is -0.505 e. The zero-order valence-electron chi connectivity index (χ0n) is 8.77. The minimum atomic E-state index is -1.14. The average Bonchev–Trinajstić information content (AvgIpc) is 2.69. The standard InChI is InChI=1S/C13H9NO3/c15-12-9(13(16)17)6-5-8-7-3-1-2-4-10(7)14-11(8)12/h1-6,14-15H,(H,16,17). The summed E-state index contributed by atoms with van der Waals surface area (Å²) in [6, 6.07) is 10.7. The second-order valence-corrected chi connectivity index (χ2v) is 3.86. The molecule has 1 aromatic heterocycles. The van der Waals surface area contributed by atoms with Crippen molar-refractivity contribution in [3.63, 3.8) is 0 Å². The summed E-state index contributed by atoms with van der Waals surface area (Å²) in [6.07, 6.45) is 0. The van der Waals surface area contributed by atoms with Crippen LogP contribution in [0.4, 0.5) is 0 Å². The average molecular weight is 227 g/mol. The molecule has 0 saturated carbocycles. The predicted molar refractivity (Wildman–Crippen MR) is 64.4 cm³/mol. The van der Waals surface area contributed by atoms with Gasteiger partial charge in [0, 0.05) is 16.3 Å². The van der Waals surface area contributed by atoms with Crippen molar-refractivity contribution in [2.24, 2.45) is 0 Å². The van der Waals surface area contributed by atoms with E-state index in [1.165, 1.54) is 6.07 Å². The van der Waals surface area contributed by atoms with E-state index in [4.69, 9.17) is 5.11 Å². The molecule has 0 radical (unpaired) electrons. The summed E-state index contributed by atoms with van der Waals surface area (Å²) in [4.78, 5) is 13.9. The molecule has 1 heterocycles. The molecule has 0 aliphatic heterocycles. The lowest BCUT2D eigenvalue weighted by molar-refractivity contribution is 0.0694. The van der Waals surface area contributed by atoms with Crippen molar-refractivity contribution in [1.29, 1.82) is 0 Å². The van der Waals surface area contributed by atoms with Crippen LogP contribution in [0.5, 0.6) is 5.75 Å². The van der Waals surface area contributed by atoms with Crippen molar-refractivity contribution < 1.29 is 15.0 Å². The van der Waals surface area contributed by atoms with Crippen LogP contribution in [0.2, 0.25) is 0 Å². The molecule has 0 unspecified atom stereocenters. The molecule has 17 heavy (non-hydrogen) atoms. The summed E-state index contributed by atoms with van der Waals surface area (Å²) >= 11 is 0. The van der Waals surface area contributed by atoms with Crippen molar-refractivity contribution in [2.75, 3.05) is 0 Å². The van der Waals surface area contributed by atoms with Gasteiger partial charge in [-0.15, -0.1) is 0 Å². The van der Waals surface area contributed by atoms with Crippen LogP contribution in [0.1, 0.15) is 10.4 Å². The van der Waals surface area contributed by atoms with Gasteiger partial charge in [-0.3, -0.25) is 0 Å². The monoisotopic (exact) mass is 227 g/mol. The first kappa shape index (κ1) is 9.72. The Hall–Kier alpha value is -2.49. The van der Waals surface area contributed by atoms with E-state index >= 15 is 0 Å². The normalized spacial score (nSPS) is 11.1. The van der Waals surface area contributed by atoms with Crippen LogP contribution in [0.15, 0.2) is 36.4 Å². The molecular formula is C13H9NO3. The van der Waals surface area contributed by atoms with Gasteiger partial charge in [0.05, 0.1) is 5.52 Å². The van der Waals surface area contributed by atoms with E-state index < -0.39 is 5.97 Å². The van der Waals surface area contributed by atoms with E-state index in [-0.39, 0.29) is 11.3 Å². The highest BCUT2D eigenvalue weighted by molar-refractivity contribution is 6.11. The first-order valence-electron chi connectivity index (χ1n) is 5.14. The highest BCUT2D eigenvalue weighted by Crippen LogP contribution is 2.33. The topological polar surface area (TPSA) is 73.3 Å². The number of aromatic hydroxyl groups is 1. The first-order chi connectivity index (χ1) is 8.18. The number of rotatable bonds is 1. The SMILES string of the molecule is O=C(O)c1ccc2c([nH]c3ccccc32)c1O. The smallest absolute Gasteiger partial charge is 0.339 e. The first-order valence-corrected chi connectivity index (χ1v) is 5.14. The number of aromatic nitrogens is 1. The Kier molecular flexibility index (Phi) is 1.86. The maximum Gasteiger partial charge on any atom is 0.339 e. The molecule has 2 aromatic carbocycles. The van der Waals surface area contributed by atoms with E-state index in [0.717, 1.165) is 16.3 Å². The summed E-state index contributed by atoms with van der Waals surface area (Å²) in [5.41, 5.74) is 1.25. The minimum absolute atomic E-state index is 0.0935. The number of para-hydroxylation sites is 1. The number of carboxylic acid groups (broad SMARTS) is 1. The molecule has 0 bridgehead atoms. The summed E-state index contributed by atoms with van der Waals surface area (Å²) < 4.78 is 0. The largest absolute Gasteiger partial charge is 0.505 e. The summed E-state index contributed by atoms with van der Waals surface area (Å²) in [5, 5.41) is 20.6. The maximum atomic E-state index is 10.9. The lowest BCUT2D eigenvalue weighted by Gasteiger charge is -2.00. The molecule has 3 rings (SSSR count). The van der Waals surface area contributed by atoms with Crippen LogP contribution in [0.3, 0.4) is 0 Å². The number of hydrogen-bond acceptors (Lipinski definition) is 2. The van der Waals surface area contributed by atoms with Crippen molar-refractivity contribution in [3.8, 4) is 5.75 Å². The Balaban J connectivity index is 2.48.